The van der Waals surface area contributed by atoms with Crippen molar-refractivity contribution in [1.29, 1.82) is 0 Å². The average molecular weight is 727 g/mol. The number of aromatic amines is 2. The number of fused-ring (bicyclic) bond motifs is 8. The summed E-state index contributed by atoms with van der Waals surface area (Å²) in [6.07, 6.45) is 31.7. The van der Waals surface area contributed by atoms with E-state index in [2.05, 4.69) is 134 Å². The summed E-state index contributed by atoms with van der Waals surface area (Å²) in [6.45, 7) is 16.1. The van der Waals surface area contributed by atoms with Crippen molar-refractivity contribution in [3.63, 3.8) is 0 Å². The lowest BCUT2D eigenvalue weighted by Crippen LogP contribution is -2.23. The highest BCUT2D eigenvalue weighted by Gasteiger charge is 2.22. The molecule has 0 atom stereocenters. The molecule has 0 amide bonds. The van der Waals surface area contributed by atoms with Crippen LogP contribution in [0.3, 0.4) is 0 Å². The lowest BCUT2D eigenvalue weighted by Gasteiger charge is -2.05. The van der Waals surface area contributed by atoms with Crippen molar-refractivity contribution in [2.45, 2.75) is 0 Å². The average Bonchev–Trinajstić information content (AvgIpc) is 4.09. The van der Waals surface area contributed by atoms with E-state index in [1.165, 1.54) is 0 Å². The van der Waals surface area contributed by atoms with Crippen LogP contribution in [0.15, 0.2) is 149 Å². The van der Waals surface area contributed by atoms with Gasteiger partial charge in [0.1, 0.15) is 0 Å². The Morgan fingerprint density at radius 2 is 0.661 bits per heavy atom. The second-order valence-corrected chi connectivity index (χ2v) is 13.4. The number of hydrogen-bond donors (Lipinski definition) is 2. The highest BCUT2D eigenvalue weighted by atomic mass is 14.9. The fourth-order valence-electron chi connectivity index (χ4n) is 7.44. The van der Waals surface area contributed by atoms with E-state index in [-0.39, 0.29) is 0 Å². The van der Waals surface area contributed by atoms with Crippen molar-refractivity contribution in [2.75, 3.05) is 0 Å². The zero-order valence-electron chi connectivity index (χ0n) is 30.7. The molecule has 0 aromatic carbocycles. The summed E-state index contributed by atoms with van der Waals surface area (Å²) in [4.78, 5) is 18.4. The Morgan fingerprint density at radius 3 is 1.00 bits per heavy atom. The molecule has 9 rings (SSSR count). The molecule has 56 heavy (non-hydrogen) atoms. The van der Waals surface area contributed by atoms with Gasteiger partial charge in [0.2, 0.25) is 0 Å². The predicted octanol–water partition coefficient (Wildman–Crippen LogP) is 8.88. The van der Waals surface area contributed by atoms with Gasteiger partial charge >= 0.3 is 0 Å². The van der Waals surface area contributed by atoms with Gasteiger partial charge in [0.05, 0.1) is 45.0 Å². The Morgan fingerprint density at radius 1 is 0.375 bits per heavy atom. The molecule has 2 aliphatic heterocycles. The van der Waals surface area contributed by atoms with Crippen LogP contribution in [0, 0.1) is 0 Å². The first kappa shape index (κ1) is 34.0. The lowest BCUT2D eigenvalue weighted by atomic mass is 10.0. The van der Waals surface area contributed by atoms with Gasteiger partial charge in [-0.1, -0.05) is 0 Å². The highest BCUT2D eigenvalue weighted by Crippen LogP contribution is 2.37. The number of nitrogens with zero attached hydrogens (tertiary/aromatic N) is 6. The highest BCUT2D eigenvalue weighted by molar-refractivity contribution is 5.99. The van der Waals surface area contributed by atoms with Crippen molar-refractivity contribution in [2.24, 2.45) is 0 Å². The van der Waals surface area contributed by atoms with Gasteiger partial charge in [0, 0.05) is 68.6 Å². The molecule has 8 bridgehead atoms. The molecule has 8 heteroatoms. The molecule has 7 aromatic heterocycles. The van der Waals surface area contributed by atoms with Crippen LogP contribution in [0.1, 0.15) is 22.8 Å². The largest absolute Gasteiger partial charge is 0.354 e. The summed E-state index contributed by atoms with van der Waals surface area (Å²) in [5, 5.41) is 0. The van der Waals surface area contributed by atoms with Crippen LogP contribution in [0.25, 0.3) is 116 Å². The number of aromatic nitrogens is 8. The van der Waals surface area contributed by atoms with E-state index in [4.69, 9.17) is 9.97 Å². The van der Waals surface area contributed by atoms with Crippen molar-refractivity contribution in [1.82, 2.24) is 19.9 Å². The van der Waals surface area contributed by atoms with Crippen LogP contribution in [-0.2, 0) is 0 Å². The van der Waals surface area contributed by atoms with Crippen molar-refractivity contribution in [3.05, 3.63) is 171 Å². The van der Waals surface area contributed by atoms with Gasteiger partial charge in [0.25, 0.3) is 0 Å². The molecule has 0 saturated carbocycles. The second-order valence-electron chi connectivity index (χ2n) is 13.4. The zero-order valence-corrected chi connectivity index (χ0v) is 30.7. The number of pyridine rings is 4. The number of rotatable bonds is 8. The molecule has 0 aliphatic carbocycles. The molecule has 0 spiro atoms. The summed E-state index contributed by atoms with van der Waals surface area (Å²) in [7, 11) is 0. The van der Waals surface area contributed by atoms with Crippen LogP contribution >= 0.6 is 0 Å². The standard InChI is InChI=1S/C48H38N8/c1-5-53-25-9-13-33(29-53)45-37-17-19-39(49-37)46(34-14-10-26-54(6-2)30-34)41-21-23-43(51-41)48(36-16-12-28-56(8-4)32-36)44-24-22-42(52-44)47(40-20-18-38(45)50-40)35-15-11-27-55(7-3)31-35/h5-32,49-50H,1-4H2/q+4. The summed E-state index contributed by atoms with van der Waals surface area (Å²) >= 11 is 0. The van der Waals surface area contributed by atoms with Gasteiger partial charge in [-0.2, -0.15) is 18.3 Å². The molecule has 8 nitrogen and oxygen atoms in total. The fraction of sp³-hybridized carbons (Fsp3) is 0. The molecule has 7 aromatic rings. The normalized spacial score (nSPS) is 11.7. The molecule has 0 saturated heterocycles. The molecule has 2 N–H and O–H groups in total. The molecule has 266 valence electrons. The summed E-state index contributed by atoms with van der Waals surface area (Å²) < 4.78 is 7.81. The van der Waals surface area contributed by atoms with Crippen LogP contribution in [0.2, 0.25) is 0 Å². The molecule has 0 fully saturated rings. The minimum Gasteiger partial charge on any atom is -0.354 e. The number of H-pyrrole nitrogens is 2. The third-order valence-corrected chi connectivity index (χ3v) is 10.0. The van der Waals surface area contributed by atoms with Gasteiger partial charge in [-0.25, -0.2) is 9.97 Å². The molecular formula is C48H38N8+4. The van der Waals surface area contributed by atoms with Crippen molar-refractivity contribution >= 4 is 71.2 Å². The SMILES string of the molecule is C=C[n+]1cccc(-c2c3nc(c(-c4ccc[n+](C=C)c4)c4ccc([nH]4)c(-c4ccc[n+](C=C)c4)c4ccc([nH]4)c(-c4ccc[n+](C=C)c4)c4nc2C=C4)C=C3)c1. The third kappa shape index (κ3) is 6.11. The van der Waals surface area contributed by atoms with E-state index in [0.29, 0.717) is 0 Å². The maximum absolute atomic E-state index is 5.39. The Bertz CT molecular complexity index is 2860. The van der Waals surface area contributed by atoms with Gasteiger partial charge in [-0.15, -0.1) is 0 Å². The van der Waals surface area contributed by atoms with E-state index in [1.807, 2.05) is 67.3 Å². The zero-order chi connectivity index (χ0) is 38.2. The van der Waals surface area contributed by atoms with E-state index < -0.39 is 0 Å². The summed E-state index contributed by atoms with van der Waals surface area (Å²) in [6, 6.07) is 25.0. The van der Waals surface area contributed by atoms with Crippen molar-refractivity contribution in [3.8, 4) is 44.5 Å². The minimum atomic E-state index is 0.800. The Balaban J connectivity index is 1.49. The Kier molecular flexibility index (Phi) is 8.60. The van der Waals surface area contributed by atoms with Gasteiger partial charge in [-0.3, -0.25) is 0 Å². The van der Waals surface area contributed by atoms with E-state index in [9.17, 15) is 0 Å². The lowest BCUT2D eigenvalue weighted by molar-refractivity contribution is -0.567. The van der Waals surface area contributed by atoms with Crippen LogP contribution in [-0.4, -0.2) is 19.9 Å². The first-order valence-corrected chi connectivity index (χ1v) is 18.2. The van der Waals surface area contributed by atoms with Crippen LogP contribution in [0.5, 0.6) is 0 Å². The van der Waals surface area contributed by atoms with Crippen molar-refractivity contribution < 1.29 is 18.3 Å². The number of nitrogens with one attached hydrogen (secondary N) is 2. The monoisotopic (exact) mass is 726 g/mol. The van der Waals surface area contributed by atoms with Crippen LogP contribution in [0.4, 0.5) is 0 Å². The second kappa shape index (κ2) is 14.2. The molecule has 2 aliphatic rings. The maximum atomic E-state index is 5.39. The Labute approximate surface area is 324 Å². The Hall–Kier alpha value is -7.84. The smallest absolute Gasteiger partial charge is 0.182 e. The topological polar surface area (TPSA) is 72.9 Å². The van der Waals surface area contributed by atoms with Gasteiger partial charge < -0.3 is 9.97 Å². The minimum absolute atomic E-state index is 0.800. The summed E-state index contributed by atoms with van der Waals surface area (Å²) in [5.74, 6) is 0. The molecule has 0 unspecified atom stereocenters. The van der Waals surface area contributed by atoms with E-state index >= 15 is 0 Å². The van der Waals surface area contributed by atoms with Gasteiger partial charge in [-0.05, 0) is 99.2 Å². The predicted molar refractivity (Wildman–Crippen MR) is 227 cm³/mol. The maximum Gasteiger partial charge on any atom is 0.182 e. The van der Waals surface area contributed by atoms with E-state index in [1.54, 1.807) is 24.8 Å². The first-order chi connectivity index (χ1) is 27.5. The fourth-order valence-corrected chi connectivity index (χ4v) is 7.44. The van der Waals surface area contributed by atoms with Gasteiger partial charge in [0.15, 0.2) is 74.4 Å². The van der Waals surface area contributed by atoms with Crippen LogP contribution < -0.4 is 18.3 Å². The van der Waals surface area contributed by atoms with E-state index in [0.717, 1.165) is 89.4 Å². The number of hydrogen-bond acceptors (Lipinski definition) is 2. The molecule has 0 radical (unpaired) electrons. The molecular weight excluding hydrogens is 689 g/mol. The first-order valence-electron chi connectivity index (χ1n) is 18.2. The quantitative estimate of drug-likeness (QED) is 0.154. The third-order valence-electron chi connectivity index (χ3n) is 10.0. The molecule has 9 heterocycles. The summed E-state index contributed by atoms with van der Waals surface area (Å²) in [5.41, 5.74) is 14.7.